The zero-order valence-corrected chi connectivity index (χ0v) is 12.2. The molecule has 0 aliphatic carbocycles. The molecule has 22 heavy (non-hydrogen) atoms. The second-order valence-electron chi connectivity index (χ2n) is 4.96. The number of para-hydroxylation sites is 1. The lowest BCUT2D eigenvalue weighted by molar-refractivity contribution is -0.115. The minimum absolute atomic E-state index is 0.0774. The number of carbonyl (C=O) groups excluding carboxylic acids is 1. The average molecular weight is 292 g/mol. The summed E-state index contributed by atoms with van der Waals surface area (Å²) >= 11 is 0. The molecule has 0 unspecified atom stereocenters. The molecule has 0 bridgehead atoms. The number of ether oxygens (including phenoxy) is 1. The van der Waals surface area contributed by atoms with E-state index in [0.717, 1.165) is 27.9 Å². The molecule has 1 amide bonds. The summed E-state index contributed by atoms with van der Waals surface area (Å²) < 4.78 is 5.17. The molecule has 0 aliphatic heterocycles. The van der Waals surface area contributed by atoms with Gasteiger partial charge in [-0.3, -0.25) is 9.78 Å². The smallest absolute Gasteiger partial charge is 0.228 e. The largest absolute Gasteiger partial charge is 0.497 e. The normalized spacial score (nSPS) is 10.4. The van der Waals surface area contributed by atoms with Gasteiger partial charge in [-0.15, -0.1) is 0 Å². The molecule has 1 aromatic heterocycles. The summed E-state index contributed by atoms with van der Waals surface area (Å²) in [4.78, 5) is 16.6. The van der Waals surface area contributed by atoms with E-state index < -0.39 is 0 Å². The highest BCUT2D eigenvalue weighted by molar-refractivity contribution is 6.00. The van der Waals surface area contributed by atoms with Crippen molar-refractivity contribution in [2.45, 2.75) is 6.42 Å². The van der Waals surface area contributed by atoms with E-state index >= 15 is 0 Å². The fourth-order valence-electron chi connectivity index (χ4n) is 2.37. The van der Waals surface area contributed by atoms with Crippen molar-refractivity contribution in [3.05, 3.63) is 66.4 Å². The molecule has 0 aliphatic rings. The summed E-state index contributed by atoms with van der Waals surface area (Å²) in [5.41, 5.74) is 2.43. The van der Waals surface area contributed by atoms with Gasteiger partial charge < -0.3 is 10.1 Å². The molecule has 110 valence electrons. The number of benzene rings is 2. The van der Waals surface area contributed by atoms with Crippen molar-refractivity contribution in [1.29, 1.82) is 0 Å². The standard InChI is InChI=1S/C18H16N2O2/c1-22-15-8-2-5-13(11-15)12-17(21)20-16-9-3-6-14-7-4-10-19-18(14)16/h2-11H,12H2,1H3,(H,20,21). The molecule has 0 spiro atoms. The van der Waals surface area contributed by atoms with Crippen LogP contribution >= 0.6 is 0 Å². The molecule has 4 nitrogen and oxygen atoms in total. The third-order valence-corrected chi connectivity index (χ3v) is 3.41. The Bertz CT molecular complexity index is 810. The predicted molar refractivity (Wildman–Crippen MR) is 87.1 cm³/mol. The molecule has 2 aromatic carbocycles. The van der Waals surface area contributed by atoms with Gasteiger partial charge in [0.1, 0.15) is 5.75 Å². The molecule has 1 N–H and O–H groups in total. The van der Waals surface area contributed by atoms with E-state index in [-0.39, 0.29) is 5.91 Å². The Balaban J connectivity index is 1.78. The molecule has 0 fully saturated rings. The van der Waals surface area contributed by atoms with Crippen LogP contribution in [0.5, 0.6) is 5.75 Å². The number of amides is 1. The van der Waals surface area contributed by atoms with Gasteiger partial charge in [-0.1, -0.05) is 30.3 Å². The van der Waals surface area contributed by atoms with Gasteiger partial charge in [0, 0.05) is 11.6 Å². The van der Waals surface area contributed by atoms with Crippen LogP contribution in [0.2, 0.25) is 0 Å². The minimum Gasteiger partial charge on any atom is -0.497 e. The Morgan fingerprint density at radius 1 is 1.14 bits per heavy atom. The van der Waals surface area contributed by atoms with Gasteiger partial charge in [-0.25, -0.2) is 0 Å². The van der Waals surface area contributed by atoms with E-state index in [1.165, 1.54) is 0 Å². The van der Waals surface area contributed by atoms with E-state index in [1.807, 2.05) is 54.6 Å². The lowest BCUT2D eigenvalue weighted by Crippen LogP contribution is -2.14. The van der Waals surface area contributed by atoms with Crippen molar-refractivity contribution in [3.8, 4) is 5.75 Å². The number of hydrogen-bond donors (Lipinski definition) is 1. The van der Waals surface area contributed by atoms with Gasteiger partial charge in [0.15, 0.2) is 0 Å². The topological polar surface area (TPSA) is 51.2 Å². The second-order valence-corrected chi connectivity index (χ2v) is 4.96. The highest BCUT2D eigenvalue weighted by atomic mass is 16.5. The summed E-state index contributed by atoms with van der Waals surface area (Å²) in [6.07, 6.45) is 2.01. The zero-order valence-electron chi connectivity index (χ0n) is 12.2. The third kappa shape index (κ3) is 3.06. The summed E-state index contributed by atoms with van der Waals surface area (Å²) in [6, 6.07) is 17.1. The molecule has 4 heteroatoms. The van der Waals surface area contributed by atoms with Crippen molar-refractivity contribution < 1.29 is 9.53 Å². The van der Waals surface area contributed by atoms with Gasteiger partial charge in [-0.05, 0) is 29.8 Å². The maximum absolute atomic E-state index is 12.2. The van der Waals surface area contributed by atoms with Gasteiger partial charge in [0.25, 0.3) is 0 Å². The number of hydrogen-bond acceptors (Lipinski definition) is 3. The highest BCUT2D eigenvalue weighted by Crippen LogP contribution is 2.21. The second kappa shape index (κ2) is 6.26. The number of rotatable bonds is 4. The van der Waals surface area contributed by atoms with Crippen LogP contribution in [0, 0.1) is 0 Å². The molecule has 1 heterocycles. The van der Waals surface area contributed by atoms with E-state index in [1.54, 1.807) is 13.3 Å². The predicted octanol–water partition coefficient (Wildman–Crippen LogP) is 3.42. The Hall–Kier alpha value is -2.88. The first kappa shape index (κ1) is 14.1. The molecule has 0 atom stereocenters. The number of aromatic nitrogens is 1. The van der Waals surface area contributed by atoms with Crippen LogP contribution in [0.3, 0.4) is 0 Å². The van der Waals surface area contributed by atoms with E-state index in [0.29, 0.717) is 6.42 Å². The molecular formula is C18H16N2O2. The van der Waals surface area contributed by atoms with E-state index in [2.05, 4.69) is 10.3 Å². The molecule has 0 saturated heterocycles. The molecule has 3 aromatic rings. The summed E-state index contributed by atoms with van der Waals surface area (Å²) in [5, 5.41) is 3.93. The summed E-state index contributed by atoms with van der Waals surface area (Å²) in [5.74, 6) is 0.670. The molecular weight excluding hydrogens is 276 g/mol. The number of nitrogens with zero attached hydrogens (tertiary/aromatic N) is 1. The van der Waals surface area contributed by atoms with Gasteiger partial charge >= 0.3 is 0 Å². The number of anilines is 1. The summed E-state index contributed by atoms with van der Waals surface area (Å²) in [6.45, 7) is 0. The SMILES string of the molecule is COc1cccc(CC(=O)Nc2cccc3cccnc23)c1. The number of methoxy groups -OCH3 is 1. The molecule has 3 rings (SSSR count). The molecule has 0 saturated carbocycles. The summed E-state index contributed by atoms with van der Waals surface area (Å²) in [7, 11) is 1.61. The number of carbonyl (C=O) groups is 1. The Kier molecular flexibility index (Phi) is 4.01. The maximum atomic E-state index is 12.2. The third-order valence-electron chi connectivity index (χ3n) is 3.41. The first-order chi connectivity index (χ1) is 10.8. The van der Waals surface area contributed by atoms with Crippen LogP contribution < -0.4 is 10.1 Å². The van der Waals surface area contributed by atoms with Gasteiger partial charge in [0.2, 0.25) is 5.91 Å². The Morgan fingerprint density at radius 3 is 2.82 bits per heavy atom. The lowest BCUT2D eigenvalue weighted by Gasteiger charge is -2.08. The van der Waals surface area contributed by atoms with Crippen LogP contribution in [0.4, 0.5) is 5.69 Å². The number of pyridine rings is 1. The monoisotopic (exact) mass is 292 g/mol. The van der Waals surface area contributed by atoms with Crippen molar-refractivity contribution in [2.75, 3.05) is 12.4 Å². The Labute approximate surface area is 128 Å². The number of fused-ring (bicyclic) bond motifs is 1. The fraction of sp³-hybridized carbons (Fsp3) is 0.111. The first-order valence-electron chi connectivity index (χ1n) is 7.03. The van der Waals surface area contributed by atoms with Crippen molar-refractivity contribution in [1.82, 2.24) is 4.98 Å². The number of nitrogens with one attached hydrogen (secondary N) is 1. The minimum atomic E-state index is -0.0774. The lowest BCUT2D eigenvalue weighted by atomic mass is 10.1. The van der Waals surface area contributed by atoms with Crippen molar-refractivity contribution in [2.24, 2.45) is 0 Å². The first-order valence-corrected chi connectivity index (χ1v) is 7.03. The van der Waals surface area contributed by atoms with E-state index in [9.17, 15) is 4.79 Å². The van der Waals surface area contributed by atoms with Gasteiger partial charge in [0.05, 0.1) is 24.7 Å². The van der Waals surface area contributed by atoms with Crippen LogP contribution in [0.1, 0.15) is 5.56 Å². The van der Waals surface area contributed by atoms with Crippen LogP contribution in [0.25, 0.3) is 10.9 Å². The van der Waals surface area contributed by atoms with Crippen molar-refractivity contribution in [3.63, 3.8) is 0 Å². The van der Waals surface area contributed by atoms with Gasteiger partial charge in [-0.2, -0.15) is 0 Å². The van der Waals surface area contributed by atoms with Crippen LogP contribution in [0.15, 0.2) is 60.8 Å². The van der Waals surface area contributed by atoms with E-state index in [4.69, 9.17) is 4.74 Å². The Morgan fingerprint density at radius 2 is 1.95 bits per heavy atom. The highest BCUT2D eigenvalue weighted by Gasteiger charge is 2.08. The molecule has 0 radical (unpaired) electrons. The van der Waals surface area contributed by atoms with Crippen LogP contribution in [-0.4, -0.2) is 18.0 Å². The average Bonchev–Trinajstić information content (AvgIpc) is 2.55. The zero-order chi connectivity index (χ0) is 15.4. The maximum Gasteiger partial charge on any atom is 0.228 e. The fourth-order valence-corrected chi connectivity index (χ4v) is 2.37. The van der Waals surface area contributed by atoms with Crippen molar-refractivity contribution >= 4 is 22.5 Å². The van der Waals surface area contributed by atoms with Crippen LogP contribution in [-0.2, 0) is 11.2 Å². The quantitative estimate of drug-likeness (QED) is 0.801.